The second-order valence-electron chi connectivity index (χ2n) is 4.38. The maximum Gasteiger partial charge on any atom is 0.199 e. The monoisotopic (exact) mass is 274 g/mol. The Morgan fingerprint density at radius 2 is 1.75 bits per heavy atom. The average Bonchev–Trinajstić information content (AvgIpc) is 2.46. The molecule has 0 aliphatic rings. The van der Waals surface area contributed by atoms with Gasteiger partial charge in [-0.15, -0.1) is 0 Å². The molecule has 20 heavy (non-hydrogen) atoms. The first-order valence-corrected chi connectivity index (χ1v) is 6.09. The molecule has 0 atom stereocenters. The Kier molecular flexibility index (Phi) is 4.03. The van der Waals surface area contributed by atoms with Crippen LogP contribution in [0.15, 0.2) is 36.4 Å². The molecule has 0 aromatic heterocycles. The molecule has 0 amide bonds. The van der Waals surface area contributed by atoms with Gasteiger partial charge in [0.2, 0.25) is 0 Å². The van der Waals surface area contributed by atoms with Crippen LogP contribution in [0.1, 0.15) is 21.5 Å². The fourth-order valence-corrected chi connectivity index (χ4v) is 1.95. The lowest BCUT2D eigenvalue weighted by Gasteiger charge is -2.10. The van der Waals surface area contributed by atoms with Crippen molar-refractivity contribution in [2.24, 2.45) is 0 Å². The number of hydrogen-bond acceptors (Lipinski definition) is 3. The van der Waals surface area contributed by atoms with Crippen LogP contribution in [0.25, 0.3) is 0 Å². The summed E-state index contributed by atoms with van der Waals surface area (Å²) in [6.07, 6.45) is 0. The van der Waals surface area contributed by atoms with Crippen LogP contribution in [0.3, 0.4) is 0 Å². The highest BCUT2D eigenvalue weighted by molar-refractivity contribution is 6.11. The van der Waals surface area contributed by atoms with Gasteiger partial charge < -0.3 is 9.47 Å². The zero-order valence-electron chi connectivity index (χ0n) is 11.6. The van der Waals surface area contributed by atoms with Crippen LogP contribution in [0.2, 0.25) is 0 Å². The van der Waals surface area contributed by atoms with E-state index in [-0.39, 0.29) is 5.56 Å². The summed E-state index contributed by atoms with van der Waals surface area (Å²) < 4.78 is 24.1. The fraction of sp³-hybridized carbons (Fsp3) is 0.188. The summed E-state index contributed by atoms with van der Waals surface area (Å²) in [5, 5.41) is 0. The Morgan fingerprint density at radius 3 is 2.35 bits per heavy atom. The van der Waals surface area contributed by atoms with Crippen molar-refractivity contribution < 1.29 is 18.7 Å². The molecule has 0 N–H and O–H groups in total. The molecule has 2 rings (SSSR count). The summed E-state index contributed by atoms with van der Waals surface area (Å²) in [6, 6.07) is 9.38. The Hall–Kier alpha value is -2.36. The van der Waals surface area contributed by atoms with Gasteiger partial charge in [-0.25, -0.2) is 4.39 Å². The van der Waals surface area contributed by atoms with Crippen molar-refractivity contribution >= 4 is 5.78 Å². The van der Waals surface area contributed by atoms with E-state index in [0.717, 1.165) is 5.56 Å². The molecule has 0 spiro atoms. The summed E-state index contributed by atoms with van der Waals surface area (Å²) in [4.78, 5) is 12.4. The van der Waals surface area contributed by atoms with Crippen LogP contribution in [0, 0.1) is 12.7 Å². The van der Waals surface area contributed by atoms with E-state index >= 15 is 0 Å². The second-order valence-corrected chi connectivity index (χ2v) is 4.38. The standard InChI is InChI=1S/C16H15FO3/c1-10-4-7-15(20-3)13(8-10)16(18)12-6-5-11(19-2)9-14(12)17/h4-9H,1-3H3. The smallest absolute Gasteiger partial charge is 0.199 e. The Morgan fingerprint density at radius 1 is 1.00 bits per heavy atom. The van der Waals surface area contributed by atoms with E-state index < -0.39 is 11.6 Å². The summed E-state index contributed by atoms with van der Waals surface area (Å²) in [6.45, 7) is 1.86. The lowest BCUT2D eigenvalue weighted by atomic mass is 10.00. The molecule has 0 bridgehead atoms. The van der Waals surface area contributed by atoms with E-state index in [0.29, 0.717) is 17.1 Å². The van der Waals surface area contributed by atoms with Crippen LogP contribution < -0.4 is 9.47 Å². The molecule has 4 heteroatoms. The predicted molar refractivity (Wildman–Crippen MR) is 74.1 cm³/mol. The fourth-order valence-electron chi connectivity index (χ4n) is 1.95. The van der Waals surface area contributed by atoms with Gasteiger partial charge in [0.25, 0.3) is 0 Å². The second kappa shape index (κ2) is 5.74. The number of carbonyl (C=O) groups excluding carboxylic acids is 1. The van der Waals surface area contributed by atoms with Gasteiger partial charge in [-0.1, -0.05) is 11.6 Å². The largest absolute Gasteiger partial charge is 0.497 e. The quantitative estimate of drug-likeness (QED) is 0.802. The molecular formula is C16H15FO3. The van der Waals surface area contributed by atoms with E-state index in [1.807, 2.05) is 13.0 Å². The molecule has 2 aromatic carbocycles. The van der Waals surface area contributed by atoms with Crippen molar-refractivity contribution in [3.8, 4) is 11.5 Å². The van der Waals surface area contributed by atoms with Gasteiger partial charge in [0.15, 0.2) is 5.78 Å². The zero-order chi connectivity index (χ0) is 14.7. The minimum absolute atomic E-state index is 0.00491. The van der Waals surface area contributed by atoms with E-state index in [2.05, 4.69) is 0 Å². The van der Waals surface area contributed by atoms with Gasteiger partial charge in [-0.3, -0.25) is 4.79 Å². The number of benzene rings is 2. The van der Waals surface area contributed by atoms with Gasteiger partial charge in [-0.2, -0.15) is 0 Å². The maximum atomic E-state index is 14.0. The number of methoxy groups -OCH3 is 2. The lowest BCUT2D eigenvalue weighted by Crippen LogP contribution is -2.07. The van der Waals surface area contributed by atoms with Gasteiger partial charge >= 0.3 is 0 Å². The number of ketones is 1. The Balaban J connectivity index is 2.48. The molecule has 104 valence electrons. The molecule has 3 nitrogen and oxygen atoms in total. The molecule has 0 saturated carbocycles. The topological polar surface area (TPSA) is 35.5 Å². The van der Waals surface area contributed by atoms with Gasteiger partial charge in [0, 0.05) is 6.07 Å². The van der Waals surface area contributed by atoms with Crippen LogP contribution >= 0.6 is 0 Å². The highest BCUT2D eigenvalue weighted by Crippen LogP contribution is 2.25. The molecule has 0 radical (unpaired) electrons. The third kappa shape index (κ3) is 2.64. The van der Waals surface area contributed by atoms with Crippen molar-refractivity contribution in [1.82, 2.24) is 0 Å². The number of rotatable bonds is 4. The molecule has 0 fully saturated rings. The Bertz CT molecular complexity index is 650. The normalized spacial score (nSPS) is 10.2. The van der Waals surface area contributed by atoms with Gasteiger partial charge in [0.05, 0.1) is 25.3 Å². The van der Waals surface area contributed by atoms with Crippen molar-refractivity contribution in [2.45, 2.75) is 6.92 Å². The van der Waals surface area contributed by atoms with Crippen molar-refractivity contribution in [2.75, 3.05) is 14.2 Å². The van der Waals surface area contributed by atoms with Gasteiger partial charge in [0.1, 0.15) is 17.3 Å². The van der Waals surface area contributed by atoms with E-state index in [1.165, 1.54) is 26.4 Å². The molecule has 0 heterocycles. The summed E-state index contributed by atoms with van der Waals surface area (Å²) in [5.41, 5.74) is 1.24. The summed E-state index contributed by atoms with van der Waals surface area (Å²) in [7, 11) is 2.92. The first-order valence-electron chi connectivity index (χ1n) is 6.09. The van der Waals surface area contributed by atoms with Gasteiger partial charge in [-0.05, 0) is 31.2 Å². The Labute approximate surface area is 117 Å². The number of halogens is 1. The molecule has 0 unspecified atom stereocenters. The minimum atomic E-state index is -0.613. The predicted octanol–water partition coefficient (Wildman–Crippen LogP) is 3.38. The van der Waals surface area contributed by atoms with Crippen molar-refractivity contribution in [3.63, 3.8) is 0 Å². The molecular weight excluding hydrogens is 259 g/mol. The molecule has 2 aromatic rings. The number of hydrogen-bond donors (Lipinski definition) is 0. The number of aryl methyl sites for hydroxylation is 1. The van der Waals surface area contributed by atoms with E-state index in [1.54, 1.807) is 18.2 Å². The molecule has 0 aliphatic heterocycles. The van der Waals surface area contributed by atoms with Crippen LogP contribution in [-0.4, -0.2) is 20.0 Å². The zero-order valence-corrected chi connectivity index (χ0v) is 11.6. The average molecular weight is 274 g/mol. The summed E-state index contributed by atoms with van der Waals surface area (Å²) in [5.74, 6) is -0.227. The lowest BCUT2D eigenvalue weighted by molar-refractivity contribution is 0.103. The first kappa shape index (κ1) is 14.1. The van der Waals surface area contributed by atoms with Crippen molar-refractivity contribution in [3.05, 3.63) is 58.9 Å². The van der Waals surface area contributed by atoms with Crippen LogP contribution in [-0.2, 0) is 0 Å². The summed E-state index contributed by atoms with van der Waals surface area (Å²) >= 11 is 0. The van der Waals surface area contributed by atoms with E-state index in [9.17, 15) is 9.18 Å². The SMILES string of the molecule is COc1ccc(C(=O)c2cc(C)ccc2OC)c(F)c1. The third-order valence-corrected chi connectivity index (χ3v) is 3.02. The molecule has 0 aliphatic carbocycles. The number of ether oxygens (including phenoxy) is 2. The highest BCUT2D eigenvalue weighted by Gasteiger charge is 2.18. The van der Waals surface area contributed by atoms with Crippen LogP contribution in [0.5, 0.6) is 11.5 Å². The first-order chi connectivity index (χ1) is 9.56. The van der Waals surface area contributed by atoms with Crippen molar-refractivity contribution in [1.29, 1.82) is 0 Å². The van der Waals surface area contributed by atoms with Crippen LogP contribution in [0.4, 0.5) is 4.39 Å². The number of carbonyl (C=O) groups is 1. The molecule has 0 saturated heterocycles. The highest BCUT2D eigenvalue weighted by atomic mass is 19.1. The maximum absolute atomic E-state index is 14.0. The third-order valence-electron chi connectivity index (χ3n) is 3.02. The minimum Gasteiger partial charge on any atom is -0.497 e. The van der Waals surface area contributed by atoms with E-state index in [4.69, 9.17) is 9.47 Å².